The second kappa shape index (κ2) is 22.6. The Morgan fingerprint density at radius 1 is 0.596 bits per heavy atom. The minimum absolute atomic E-state index is 0.0164. The van der Waals surface area contributed by atoms with Gasteiger partial charge < -0.3 is 35.5 Å². The Morgan fingerprint density at radius 2 is 0.923 bits per heavy atom. The van der Waals surface area contributed by atoms with Crippen LogP contribution in [-0.4, -0.2) is 137 Å². The number of ether oxygens (including phenoxy) is 3. The molecule has 0 aliphatic heterocycles. The van der Waals surface area contributed by atoms with Crippen molar-refractivity contribution in [3.8, 4) is 17.2 Å². The van der Waals surface area contributed by atoms with Crippen LogP contribution >= 0.6 is 0 Å². The number of hydroxylamine groups is 6. The molecule has 0 atom stereocenters. The fourth-order valence-electron chi connectivity index (χ4n) is 3.88. The molecule has 7 N–H and O–H groups in total. The maximum absolute atomic E-state index is 13.2. The van der Waals surface area contributed by atoms with Crippen LogP contribution in [0.5, 0.6) is 17.2 Å². The lowest BCUT2D eigenvalue weighted by Gasteiger charge is -2.22. The minimum atomic E-state index is -0.621. The zero-order valence-electron chi connectivity index (χ0n) is 30.4. The number of hydrogen-bond acceptors (Lipinski definition) is 13. The summed E-state index contributed by atoms with van der Waals surface area (Å²) >= 11 is 0. The van der Waals surface area contributed by atoms with E-state index in [9.17, 15) is 49.2 Å². The highest BCUT2D eigenvalue weighted by molar-refractivity contribution is 5.96. The van der Waals surface area contributed by atoms with Gasteiger partial charge in [-0.25, -0.2) is 15.2 Å². The third-order valence-corrected chi connectivity index (χ3v) is 6.55. The topological polar surface area (TPSA) is 266 Å². The number of rotatable bonds is 22. The second-order valence-corrected chi connectivity index (χ2v) is 12.3. The summed E-state index contributed by atoms with van der Waals surface area (Å²) in [4.78, 5) is 83.2. The van der Waals surface area contributed by atoms with Crippen LogP contribution in [0.1, 0.15) is 71.2 Å². The molecule has 0 aromatic heterocycles. The van der Waals surface area contributed by atoms with Gasteiger partial charge in [0.2, 0.25) is 41.2 Å². The van der Waals surface area contributed by atoms with Crippen molar-refractivity contribution in [3.63, 3.8) is 0 Å². The Balaban J connectivity index is 3.17. The van der Waals surface area contributed by atoms with Gasteiger partial charge in [0.25, 0.3) is 5.91 Å². The average Bonchev–Trinajstić information content (AvgIpc) is 3.06. The first-order chi connectivity index (χ1) is 24.3. The van der Waals surface area contributed by atoms with Crippen molar-refractivity contribution >= 4 is 41.4 Å². The molecule has 0 unspecified atom stereocenters. The summed E-state index contributed by atoms with van der Waals surface area (Å²) in [6.45, 7) is 7.73. The van der Waals surface area contributed by atoms with Crippen molar-refractivity contribution in [2.75, 3.05) is 59.1 Å². The number of hydrogen-bond donors (Lipinski definition) is 7. The molecule has 1 aromatic rings. The normalized spacial score (nSPS) is 10.7. The molecule has 0 aliphatic carbocycles. The lowest BCUT2D eigenvalue weighted by Crippen LogP contribution is -2.40. The van der Waals surface area contributed by atoms with Crippen LogP contribution in [-0.2, 0) is 28.8 Å². The van der Waals surface area contributed by atoms with Gasteiger partial charge in [-0.3, -0.25) is 49.2 Å². The Morgan fingerprint density at radius 3 is 1.23 bits per heavy atom. The summed E-state index contributed by atoms with van der Waals surface area (Å²) in [5.74, 6) is -3.67. The summed E-state index contributed by atoms with van der Waals surface area (Å²) in [5.41, 5.74) is -0.496. The maximum Gasteiger partial charge on any atom is 0.251 e. The average molecular weight is 742 g/mol. The molecule has 0 fully saturated rings. The number of nitrogens with one attached hydrogen (secondary N) is 4. The third kappa shape index (κ3) is 18.7. The molecule has 0 aliphatic rings. The molecular formula is C32H51N7O13. The lowest BCUT2D eigenvalue weighted by atomic mass is 10.1. The number of carbonyl (C=O) groups is 7. The van der Waals surface area contributed by atoms with Crippen LogP contribution in [0.4, 0.5) is 0 Å². The predicted molar refractivity (Wildman–Crippen MR) is 181 cm³/mol. The first kappa shape index (κ1) is 44.8. The van der Waals surface area contributed by atoms with Crippen molar-refractivity contribution in [1.82, 2.24) is 36.5 Å². The van der Waals surface area contributed by atoms with Gasteiger partial charge in [-0.2, -0.15) is 0 Å². The largest absolute Gasteiger partial charge is 0.488 e. The van der Waals surface area contributed by atoms with E-state index in [0.29, 0.717) is 15.2 Å². The Hall–Kier alpha value is -5.21. The van der Waals surface area contributed by atoms with Gasteiger partial charge in [0.1, 0.15) is 19.8 Å². The third-order valence-electron chi connectivity index (χ3n) is 6.55. The van der Waals surface area contributed by atoms with Crippen molar-refractivity contribution in [1.29, 1.82) is 0 Å². The smallest absolute Gasteiger partial charge is 0.251 e. The van der Waals surface area contributed by atoms with Gasteiger partial charge in [-0.05, 0) is 32.9 Å². The summed E-state index contributed by atoms with van der Waals surface area (Å²) < 4.78 is 17.7. The molecule has 52 heavy (non-hydrogen) atoms. The van der Waals surface area contributed by atoms with Crippen LogP contribution in [0.2, 0.25) is 0 Å². The molecule has 0 bridgehead atoms. The second-order valence-electron chi connectivity index (χ2n) is 12.3. The van der Waals surface area contributed by atoms with Crippen LogP contribution in [0, 0.1) is 0 Å². The predicted octanol–water partition coefficient (Wildman–Crippen LogP) is -0.417. The zero-order chi connectivity index (χ0) is 39.4. The van der Waals surface area contributed by atoms with Crippen molar-refractivity contribution < 1.29 is 63.4 Å². The molecule has 0 heterocycles. The number of benzene rings is 1. The summed E-state index contributed by atoms with van der Waals surface area (Å²) in [7, 11) is 0. The van der Waals surface area contributed by atoms with E-state index in [1.54, 1.807) is 20.8 Å². The highest BCUT2D eigenvalue weighted by Crippen LogP contribution is 2.39. The molecular weight excluding hydrogens is 690 g/mol. The van der Waals surface area contributed by atoms with Gasteiger partial charge in [0.05, 0.1) is 39.3 Å². The maximum atomic E-state index is 13.2. The van der Waals surface area contributed by atoms with Crippen LogP contribution in [0.25, 0.3) is 0 Å². The van der Waals surface area contributed by atoms with E-state index < -0.39 is 46.9 Å². The van der Waals surface area contributed by atoms with Gasteiger partial charge in [0.15, 0.2) is 11.5 Å². The Labute approximate surface area is 301 Å². The Bertz CT molecular complexity index is 1340. The van der Waals surface area contributed by atoms with Gasteiger partial charge in [-0.15, -0.1) is 0 Å². The Kier molecular flexibility index (Phi) is 19.5. The fourth-order valence-corrected chi connectivity index (χ4v) is 3.88. The molecule has 1 rings (SSSR count). The van der Waals surface area contributed by atoms with Crippen LogP contribution < -0.4 is 35.5 Å². The van der Waals surface area contributed by atoms with Crippen molar-refractivity contribution in [2.24, 2.45) is 0 Å². The summed E-state index contributed by atoms with van der Waals surface area (Å²) in [6, 6.07) is 2.80. The lowest BCUT2D eigenvalue weighted by molar-refractivity contribution is -0.163. The van der Waals surface area contributed by atoms with E-state index in [1.807, 2.05) is 0 Å². The van der Waals surface area contributed by atoms with E-state index in [-0.39, 0.29) is 101 Å². The first-order valence-electron chi connectivity index (χ1n) is 16.4. The van der Waals surface area contributed by atoms with Gasteiger partial charge >= 0.3 is 0 Å². The standard InChI is InChI=1S/C32H51N7O13/c1-21(40)37(47)13-7-27(43)33-10-16-50-25-19-24(31(46)36-32(4,5)6)20-26(51-17-11-34-28(44)8-14-38(48)22(2)41)30(25)52-18-12-35-29(45)9-15-39(49)23(3)42/h19-20,47-49H,7-18H2,1-6H3,(H,33,43)(H,34,44)(H,35,45)(H,36,46). The minimum Gasteiger partial charge on any atom is -0.488 e. The molecule has 1 aromatic carbocycles. The quantitative estimate of drug-likeness (QED) is 0.0453. The first-order valence-corrected chi connectivity index (χ1v) is 16.4. The number of carbonyl (C=O) groups excluding carboxylic acids is 7. The van der Waals surface area contributed by atoms with Crippen molar-refractivity contribution in [2.45, 2.75) is 66.3 Å². The summed E-state index contributed by atoms with van der Waals surface area (Å²) in [5, 5.41) is 40.3. The number of amides is 7. The molecule has 0 saturated heterocycles. The molecule has 7 amide bonds. The van der Waals surface area contributed by atoms with E-state index in [4.69, 9.17) is 14.2 Å². The summed E-state index contributed by atoms with van der Waals surface area (Å²) in [6.07, 6.45) is -0.523. The highest BCUT2D eigenvalue weighted by Gasteiger charge is 2.22. The van der Waals surface area contributed by atoms with Crippen LogP contribution in [0.3, 0.4) is 0 Å². The molecule has 20 nitrogen and oxygen atoms in total. The zero-order valence-corrected chi connectivity index (χ0v) is 30.4. The molecule has 0 radical (unpaired) electrons. The molecule has 20 heteroatoms. The molecule has 0 spiro atoms. The van der Waals surface area contributed by atoms with E-state index in [0.717, 1.165) is 20.8 Å². The van der Waals surface area contributed by atoms with Crippen molar-refractivity contribution in [3.05, 3.63) is 17.7 Å². The number of nitrogens with zero attached hydrogens (tertiary/aromatic N) is 3. The molecule has 292 valence electrons. The SMILES string of the molecule is CC(=O)N(O)CCC(=O)NCCOc1cc(C(=O)NC(C)(C)C)cc(OCCNC(=O)CCN(O)C(C)=O)c1OCCNC(=O)CCN(O)C(C)=O. The van der Waals surface area contributed by atoms with E-state index in [1.165, 1.54) is 12.1 Å². The van der Waals surface area contributed by atoms with E-state index >= 15 is 0 Å². The monoisotopic (exact) mass is 741 g/mol. The van der Waals surface area contributed by atoms with Gasteiger partial charge in [0, 0.05) is 51.1 Å². The molecule has 0 saturated carbocycles. The highest BCUT2D eigenvalue weighted by atomic mass is 16.5. The van der Waals surface area contributed by atoms with Gasteiger partial charge in [-0.1, -0.05) is 0 Å². The van der Waals surface area contributed by atoms with Crippen LogP contribution in [0.15, 0.2) is 12.1 Å². The fraction of sp³-hybridized carbons (Fsp3) is 0.594. The van der Waals surface area contributed by atoms with E-state index in [2.05, 4.69) is 21.3 Å².